The lowest BCUT2D eigenvalue weighted by Crippen LogP contribution is -2.35. The summed E-state index contributed by atoms with van der Waals surface area (Å²) in [5.41, 5.74) is 0.758. The standard InChI is InChI=1S/C14H18BrClN2O/c15-13-4-2-12(3-5-13)14(19)18-8-1-7-17(9-6-16)10-11-18/h2-5H,1,6-11H2. The molecule has 1 saturated heterocycles. The molecule has 0 unspecified atom stereocenters. The van der Waals surface area contributed by atoms with Crippen molar-refractivity contribution >= 4 is 33.4 Å². The summed E-state index contributed by atoms with van der Waals surface area (Å²) in [4.78, 5) is 16.7. The Hall–Kier alpha value is -0.580. The maximum Gasteiger partial charge on any atom is 0.253 e. The number of carbonyl (C=O) groups is 1. The lowest BCUT2D eigenvalue weighted by Gasteiger charge is -2.21. The summed E-state index contributed by atoms with van der Waals surface area (Å²) in [6.45, 7) is 4.45. The molecule has 1 aliphatic heterocycles. The number of hydrogen-bond donors (Lipinski definition) is 0. The molecule has 1 amide bonds. The van der Waals surface area contributed by atoms with E-state index < -0.39 is 0 Å². The maximum absolute atomic E-state index is 12.4. The predicted octanol–water partition coefficient (Wildman–Crippen LogP) is 2.84. The summed E-state index contributed by atoms with van der Waals surface area (Å²) in [5, 5.41) is 0. The molecule has 0 aromatic heterocycles. The van der Waals surface area contributed by atoms with E-state index >= 15 is 0 Å². The summed E-state index contributed by atoms with van der Waals surface area (Å²) < 4.78 is 0.994. The van der Waals surface area contributed by atoms with Gasteiger partial charge in [-0.15, -0.1) is 11.6 Å². The van der Waals surface area contributed by atoms with Crippen LogP contribution >= 0.6 is 27.5 Å². The quantitative estimate of drug-likeness (QED) is 0.787. The summed E-state index contributed by atoms with van der Waals surface area (Å²) in [5.74, 6) is 0.779. The molecule has 0 saturated carbocycles. The first kappa shape index (κ1) is 14.8. The zero-order valence-corrected chi connectivity index (χ0v) is 13.2. The Balaban J connectivity index is 1.98. The highest BCUT2D eigenvalue weighted by Gasteiger charge is 2.19. The molecular formula is C14H18BrClN2O. The van der Waals surface area contributed by atoms with Crippen LogP contribution in [-0.2, 0) is 0 Å². The number of benzene rings is 1. The van der Waals surface area contributed by atoms with Crippen LogP contribution in [0.25, 0.3) is 0 Å². The number of nitrogens with zero attached hydrogens (tertiary/aromatic N) is 2. The Morgan fingerprint density at radius 1 is 1.16 bits per heavy atom. The summed E-state index contributed by atoms with van der Waals surface area (Å²) in [6.07, 6.45) is 1.01. The number of carbonyl (C=O) groups excluding carboxylic acids is 1. The lowest BCUT2D eigenvalue weighted by atomic mass is 10.2. The topological polar surface area (TPSA) is 23.6 Å². The zero-order valence-electron chi connectivity index (χ0n) is 10.8. The highest BCUT2D eigenvalue weighted by Crippen LogP contribution is 2.13. The molecule has 0 aliphatic carbocycles. The first-order valence-corrected chi connectivity index (χ1v) is 7.86. The van der Waals surface area contributed by atoms with Gasteiger partial charge < -0.3 is 9.80 Å². The SMILES string of the molecule is O=C(c1ccc(Br)cc1)N1CCCN(CCCl)CC1. The molecule has 1 fully saturated rings. The van der Waals surface area contributed by atoms with Gasteiger partial charge >= 0.3 is 0 Å². The van der Waals surface area contributed by atoms with Crippen LogP contribution in [0.2, 0.25) is 0 Å². The van der Waals surface area contributed by atoms with Gasteiger partial charge in [0.15, 0.2) is 0 Å². The van der Waals surface area contributed by atoms with E-state index in [1.54, 1.807) is 0 Å². The molecule has 3 nitrogen and oxygen atoms in total. The third-order valence-electron chi connectivity index (χ3n) is 3.37. The van der Waals surface area contributed by atoms with Crippen LogP contribution in [0.4, 0.5) is 0 Å². The van der Waals surface area contributed by atoms with Crippen molar-refractivity contribution in [3.8, 4) is 0 Å². The van der Waals surface area contributed by atoms with Gasteiger partial charge in [0, 0.05) is 42.1 Å². The van der Waals surface area contributed by atoms with Gasteiger partial charge in [0.05, 0.1) is 0 Å². The molecule has 1 aromatic carbocycles. The van der Waals surface area contributed by atoms with Gasteiger partial charge in [-0.2, -0.15) is 0 Å². The molecule has 1 aromatic rings. The van der Waals surface area contributed by atoms with E-state index in [0.717, 1.165) is 49.2 Å². The van der Waals surface area contributed by atoms with Gasteiger partial charge in [-0.3, -0.25) is 4.79 Å². The molecule has 19 heavy (non-hydrogen) atoms. The Morgan fingerprint density at radius 3 is 2.58 bits per heavy atom. The first-order chi connectivity index (χ1) is 9.20. The molecule has 0 atom stereocenters. The van der Waals surface area contributed by atoms with Crippen LogP contribution in [-0.4, -0.2) is 54.3 Å². The van der Waals surface area contributed by atoms with Gasteiger partial charge in [-0.1, -0.05) is 15.9 Å². The van der Waals surface area contributed by atoms with Crippen molar-refractivity contribution in [3.63, 3.8) is 0 Å². The summed E-state index contributed by atoms with van der Waals surface area (Å²) in [7, 11) is 0. The zero-order chi connectivity index (χ0) is 13.7. The van der Waals surface area contributed by atoms with Crippen molar-refractivity contribution in [2.75, 3.05) is 38.6 Å². The monoisotopic (exact) mass is 344 g/mol. The van der Waals surface area contributed by atoms with Crippen LogP contribution in [0.3, 0.4) is 0 Å². The number of halogens is 2. The van der Waals surface area contributed by atoms with Crippen LogP contribution in [0, 0.1) is 0 Å². The van der Waals surface area contributed by atoms with E-state index in [4.69, 9.17) is 11.6 Å². The van der Waals surface area contributed by atoms with Gasteiger partial charge in [0.2, 0.25) is 0 Å². The first-order valence-electron chi connectivity index (χ1n) is 6.54. The normalized spacial score (nSPS) is 17.3. The molecule has 5 heteroatoms. The maximum atomic E-state index is 12.4. The molecule has 0 spiro atoms. The molecule has 0 radical (unpaired) electrons. The second-order valence-corrected chi connectivity index (χ2v) is 5.98. The van der Waals surface area contributed by atoms with Crippen molar-refractivity contribution in [1.29, 1.82) is 0 Å². The van der Waals surface area contributed by atoms with E-state index in [1.807, 2.05) is 29.2 Å². The molecule has 1 heterocycles. The van der Waals surface area contributed by atoms with Crippen molar-refractivity contribution < 1.29 is 4.79 Å². The van der Waals surface area contributed by atoms with Crippen LogP contribution < -0.4 is 0 Å². The molecule has 104 valence electrons. The van der Waals surface area contributed by atoms with E-state index in [-0.39, 0.29) is 5.91 Å². The number of amides is 1. The minimum atomic E-state index is 0.125. The minimum Gasteiger partial charge on any atom is -0.337 e. The van der Waals surface area contributed by atoms with Crippen LogP contribution in [0.1, 0.15) is 16.8 Å². The number of hydrogen-bond acceptors (Lipinski definition) is 2. The second-order valence-electron chi connectivity index (χ2n) is 4.68. The average molecular weight is 346 g/mol. The molecule has 0 bridgehead atoms. The Labute approximate surface area is 127 Å². The predicted molar refractivity (Wildman–Crippen MR) is 81.8 cm³/mol. The van der Waals surface area contributed by atoms with E-state index in [0.29, 0.717) is 5.88 Å². The van der Waals surface area contributed by atoms with Crippen molar-refractivity contribution in [3.05, 3.63) is 34.3 Å². The van der Waals surface area contributed by atoms with E-state index in [2.05, 4.69) is 20.8 Å². The summed E-state index contributed by atoms with van der Waals surface area (Å²) in [6, 6.07) is 7.55. The fourth-order valence-electron chi connectivity index (χ4n) is 2.29. The number of alkyl halides is 1. The minimum absolute atomic E-state index is 0.125. The van der Waals surface area contributed by atoms with Crippen LogP contribution in [0.5, 0.6) is 0 Å². The lowest BCUT2D eigenvalue weighted by molar-refractivity contribution is 0.0762. The Kier molecular flexibility index (Phi) is 5.67. The van der Waals surface area contributed by atoms with Gasteiger partial charge in [0.25, 0.3) is 5.91 Å². The molecule has 0 N–H and O–H groups in total. The smallest absolute Gasteiger partial charge is 0.253 e. The number of rotatable bonds is 3. The second kappa shape index (κ2) is 7.27. The molecule has 2 rings (SSSR count). The fourth-order valence-corrected chi connectivity index (χ4v) is 2.80. The van der Waals surface area contributed by atoms with Crippen molar-refractivity contribution in [2.45, 2.75) is 6.42 Å². The third kappa shape index (κ3) is 4.20. The van der Waals surface area contributed by atoms with Gasteiger partial charge in [-0.25, -0.2) is 0 Å². The highest BCUT2D eigenvalue weighted by atomic mass is 79.9. The fraction of sp³-hybridized carbons (Fsp3) is 0.500. The van der Waals surface area contributed by atoms with Crippen molar-refractivity contribution in [2.24, 2.45) is 0 Å². The van der Waals surface area contributed by atoms with E-state index in [9.17, 15) is 4.79 Å². The third-order valence-corrected chi connectivity index (χ3v) is 4.07. The highest BCUT2D eigenvalue weighted by molar-refractivity contribution is 9.10. The Bertz CT molecular complexity index is 424. The average Bonchev–Trinajstić information content (AvgIpc) is 2.65. The van der Waals surface area contributed by atoms with Crippen molar-refractivity contribution in [1.82, 2.24) is 9.80 Å². The van der Waals surface area contributed by atoms with Gasteiger partial charge in [-0.05, 0) is 37.2 Å². The largest absolute Gasteiger partial charge is 0.337 e. The van der Waals surface area contributed by atoms with Crippen LogP contribution in [0.15, 0.2) is 28.7 Å². The molecular weight excluding hydrogens is 328 g/mol. The van der Waals surface area contributed by atoms with Gasteiger partial charge in [0.1, 0.15) is 0 Å². The molecule has 1 aliphatic rings. The summed E-state index contributed by atoms with van der Waals surface area (Å²) >= 11 is 9.16. The van der Waals surface area contributed by atoms with E-state index in [1.165, 1.54) is 0 Å². The Morgan fingerprint density at radius 2 is 1.89 bits per heavy atom.